The third-order valence-corrected chi connectivity index (χ3v) is 5.64. The maximum absolute atomic E-state index is 12.3. The fourth-order valence-corrected chi connectivity index (χ4v) is 5.31. The van der Waals surface area contributed by atoms with Gasteiger partial charge in [-0.3, -0.25) is 4.57 Å². The Morgan fingerprint density at radius 3 is 2.26 bits per heavy atom. The fraction of sp³-hybridized carbons (Fsp3) is 0.733. The lowest BCUT2D eigenvalue weighted by atomic mass is 9.54. The number of anilines is 1. The molecule has 0 atom stereocenters. The molecule has 1 aromatic heterocycles. The van der Waals surface area contributed by atoms with Crippen LogP contribution in [0.5, 0.6) is 0 Å². The van der Waals surface area contributed by atoms with Gasteiger partial charge in [-0.15, -0.1) is 0 Å². The summed E-state index contributed by atoms with van der Waals surface area (Å²) in [6.07, 6.45) is 6.69. The highest BCUT2D eigenvalue weighted by molar-refractivity contribution is 5.28. The lowest BCUT2D eigenvalue weighted by Gasteiger charge is -2.54. The van der Waals surface area contributed by atoms with Gasteiger partial charge in [0.15, 0.2) is 0 Å². The first-order valence-corrected chi connectivity index (χ1v) is 7.47. The molecule has 4 bridgehead atoms. The van der Waals surface area contributed by atoms with Gasteiger partial charge in [0.1, 0.15) is 5.82 Å². The first kappa shape index (κ1) is 11.5. The summed E-state index contributed by atoms with van der Waals surface area (Å²) in [4.78, 5) is 16.2. The number of hydrogen-bond acceptors (Lipinski definition) is 3. The highest BCUT2D eigenvalue weighted by Crippen LogP contribution is 2.58. The SMILES string of the molecule is Cc1cc(N)nc(=O)n1C1C2CC3CC(C2)CC1C3. The Kier molecular flexibility index (Phi) is 2.32. The Bertz CT molecular complexity index is 549. The highest BCUT2D eigenvalue weighted by Gasteiger charge is 2.49. The molecule has 1 aromatic rings. The van der Waals surface area contributed by atoms with Crippen molar-refractivity contribution in [3.05, 3.63) is 22.2 Å². The molecule has 5 rings (SSSR count). The molecule has 2 N–H and O–H groups in total. The van der Waals surface area contributed by atoms with Crippen molar-refractivity contribution in [2.24, 2.45) is 23.7 Å². The Labute approximate surface area is 113 Å². The molecule has 0 spiro atoms. The first-order chi connectivity index (χ1) is 9.11. The zero-order valence-corrected chi connectivity index (χ0v) is 11.4. The van der Waals surface area contributed by atoms with E-state index in [0.717, 1.165) is 17.5 Å². The molecule has 1 heterocycles. The largest absolute Gasteiger partial charge is 0.383 e. The monoisotopic (exact) mass is 259 g/mol. The quantitative estimate of drug-likeness (QED) is 0.840. The van der Waals surface area contributed by atoms with Crippen LogP contribution < -0.4 is 11.4 Å². The third-order valence-electron chi connectivity index (χ3n) is 5.64. The smallest absolute Gasteiger partial charge is 0.349 e. The molecule has 0 radical (unpaired) electrons. The van der Waals surface area contributed by atoms with Crippen LogP contribution in [-0.2, 0) is 0 Å². The standard InChI is InChI=1S/C15H21N3O/c1-8-2-13(16)17-15(19)18(8)14-11-4-9-3-10(6-11)7-12(14)5-9/h2,9-12,14H,3-7H2,1H3,(H2,16,17,19). The van der Waals surface area contributed by atoms with E-state index in [2.05, 4.69) is 4.98 Å². The van der Waals surface area contributed by atoms with Crippen LogP contribution in [0.4, 0.5) is 5.82 Å². The van der Waals surface area contributed by atoms with Gasteiger partial charge in [-0.25, -0.2) is 4.79 Å². The summed E-state index contributed by atoms with van der Waals surface area (Å²) >= 11 is 0. The van der Waals surface area contributed by atoms with Crippen LogP contribution in [0.15, 0.2) is 10.9 Å². The molecule has 4 aliphatic carbocycles. The predicted octanol–water partition coefficient (Wildman–Crippen LogP) is 2.13. The van der Waals surface area contributed by atoms with Crippen molar-refractivity contribution < 1.29 is 0 Å². The van der Waals surface area contributed by atoms with Crippen LogP contribution in [0.25, 0.3) is 0 Å². The average molecular weight is 259 g/mol. The van der Waals surface area contributed by atoms with Gasteiger partial charge in [-0.05, 0) is 68.8 Å². The van der Waals surface area contributed by atoms with Crippen LogP contribution in [-0.4, -0.2) is 9.55 Å². The molecule has 4 aliphatic rings. The summed E-state index contributed by atoms with van der Waals surface area (Å²) < 4.78 is 1.95. The second kappa shape index (κ2) is 3.84. The molecule has 19 heavy (non-hydrogen) atoms. The van der Waals surface area contributed by atoms with Crippen LogP contribution in [0.1, 0.15) is 43.8 Å². The van der Waals surface area contributed by atoms with E-state index in [1.807, 2.05) is 17.6 Å². The molecule has 0 aliphatic heterocycles. The zero-order valence-electron chi connectivity index (χ0n) is 11.4. The number of nitrogens with two attached hydrogens (primary N) is 1. The molecular weight excluding hydrogens is 238 g/mol. The van der Waals surface area contributed by atoms with E-state index in [1.165, 1.54) is 32.1 Å². The van der Waals surface area contributed by atoms with Gasteiger partial charge >= 0.3 is 5.69 Å². The Balaban J connectivity index is 1.79. The predicted molar refractivity (Wildman–Crippen MR) is 73.7 cm³/mol. The van der Waals surface area contributed by atoms with Crippen molar-refractivity contribution in [2.45, 2.75) is 45.1 Å². The summed E-state index contributed by atoms with van der Waals surface area (Å²) in [7, 11) is 0. The average Bonchev–Trinajstić information content (AvgIpc) is 2.30. The number of hydrogen-bond donors (Lipinski definition) is 1. The molecule has 4 fully saturated rings. The van der Waals surface area contributed by atoms with E-state index in [1.54, 1.807) is 0 Å². The maximum Gasteiger partial charge on any atom is 0.349 e. The molecule has 0 unspecified atom stereocenters. The normalized spacial score (nSPS) is 39.7. The number of nitrogens with zero attached hydrogens (tertiary/aromatic N) is 2. The highest BCUT2D eigenvalue weighted by atomic mass is 16.1. The van der Waals surface area contributed by atoms with Gasteiger partial charge in [-0.2, -0.15) is 4.98 Å². The first-order valence-electron chi connectivity index (χ1n) is 7.47. The second-order valence-corrected chi connectivity index (χ2v) is 6.90. The maximum atomic E-state index is 12.3. The van der Waals surface area contributed by atoms with Gasteiger partial charge in [0, 0.05) is 11.7 Å². The fourth-order valence-electron chi connectivity index (χ4n) is 5.31. The number of aryl methyl sites for hydroxylation is 1. The lowest BCUT2D eigenvalue weighted by Crippen LogP contribution is -2.49. The van der Waals surface area contributed by atoms with E-state index in [4.69, 9.17) is 5.73 Å². The van der Waals surface area contributed by atoms with Gasteiger partial charge in [0.2, 0.25) is 0 Å². The molecule has 4 heteroatoms. The molecule has 0 aromatic carbocycles. The summed E-state index contributed by atoms with van der Waals surface area (Å²) in [5.41, 5.74) is 6.52. The number of aromatic nitrogens is 2. The van der Waals surface area contributed by atoms with Crippen molar-refractivity contribution in [2.75, 3.05) is 5.73 Å². The van der Waals surface area contributed by atoms with Gasteiger partial charge in [0.25, 0.3) is 0 Å². The summed E-state index contributed by atoms with van der Waals surface area (Å²) in [5, 5.41) is 0. The van der Waals surface area contributed by atoms with Crippen LogP contribution in [0, 0.1) is 30.6 Å². The van der Waals surface area contributed by atoms with E-state index in [0.29, 0.717) is 23.7 Å². The van der Waals surface area contributed by atoms with Crippen LogP contribution in [0.3, 0.4) is 0 Å². The molecule has 4 saturated carbocycles. The minimum atomic E-state index is -0.144. The van der Waals surface area contributed by atoms with E-state index in [9.17, 15) is 4.79 Å². The molecule has 0 amide bonds. The van der Waals surface area contributed by atoms with Crippen LogP contribution >= 0.6 is 0 Å². The van der Waals surface area contributed by atoms with E-state index >= 15 is 0 Å². The second-order valence-electron chi connectivity index (χ2n) is 6.90. The summed E-state index contributed by atoms with van der Waals surface area (Å²) in [6.45, 7) is 1.99. The molecule has 4 nitrogen and oxygen atoms in total. The lowest BCUT2D eigenvalue weighted by molar-refractivity contribution is -0.0315. The van der Waals surface area contributed by atoms with Crippen molar-refractivity contribution in [3.63, 3.8) is 0 Å². The van der Waals surface area contributed by atoms with Gasteiger partial charge < -0.3 is 5.73 Å². The van der Waals surface area contributed by atoms with Crippen molar-refractivity contribution in [1.29, 1.82) is 0 Å². The Morgan fingerprint density at radius 2 is 1.74 bits per heavy atom. The summed E-state index contributed by atoms with van der Waals surface area (Å²) in [6, 6.07) is 2.22. The Morgan fingerprint density at radius 1 is 1.16 bits per heavy atom. The zero-order chi connectivity index (χ0) is 13.1. The van der Waals surface area contributed by atoms with Crippen LogP contribution in [0.2, 0.25) is 0 Å². The number of nitrogen functional groups attached to an aromatic ring is 1. The van der Waals surface area contributed by atoms with Crippen molar-refractivity contribution in [3.8, 4) is 0 Å². The van der Waals surface area contributed by atoms with Crippen molar-refractivity contribution >= 4 is 5.82 Å². The topological polar surface area (TPSA) is 60.9 Å². The minimum Gasteiger partial charge on any atom is -0.383 e. The molecule has 0 saturated heterocycles. The van der Waals surface area contributed by atoms with E-state index < -0.39 is 0 Å². The molecule has 102 valence electrons. The Hall–Kier alpha value is -1.32. The van der Waals surface area contributed by atoms with Gasteiger partial charge in [-0.1, -0.05) is 0 Å². The third kappa shape index (κ3) is 1.65. The van der Waals surface area contributed by atoms with E-state index in [-0.39, 0.29) is 5.69 Å². The van der Waals surface area contributed by atoms with Gasteiger partial charge in [0.05, 0.1) is 0 Å². The number of rotatable bonds is 1. The molecular formula is C15H21N3O. The minimum absolute atomic E-state index is 0.144. The summed E-state index contributed by atoms with van der Waals surface area (Å²) in [5.74, 6) is 3.59. The van der Waals surface area contributed by atoms with Crippen molar-refractivity contribution in [1.82, 2.24) is 9.55 Å².